The van der Waals surface area contributed by atoms with Crippen LogP contribution in [-0.2, 0) is 16.2 Å². The van der Waals surface area contributed by atoms with Crippen molar-refractivity contribution in [3.63, 3.8) is 0 Å². The van der Waals surface area contributed by atoms with Crippen molar-refractivity contribution in [2.24, 2.45) is 5.41 Å². The molecule has 0 bridgehead atoms. The molecule has 1 aliphatic carbocycles. The Balaban J connectivity index is 1.35. The fourth-order valence-electron chi connectivity index (χ4n) is 2.54. The Kier molecular flexibility index (Phi) is 6.51. The Morgan fingerprint density at radius 2 is 1.93 bits per heavy atom. The summed E-state index contributed by atoms with van der Waals surface area (Å²) in [4.78, 5) is 28.1. The molecule has 1 heterocycles. The van der Waals surface area contributed by atoms with Gasteiger partial charge in [0.2, 0.25) is 23.5 Å². The fourth-order valence-corrected chi connectivity index (χ4v) is 2.54. The number of hydrogen-bond donors (Lipinski definition) is 2. The first kappa shape index (κ1) is 20.8. The van der Waals surface area contributed by atoms with Gasteiger partial charge in [-0.2, -0.15) is 4.98 Å². The second-order valence-electron chi connectivity index (χ2n) is 8.29. The molecule has 0 atom stereocenters. The highest BCUT2D eigenvalue weighted by atomic mass is 16.5. The minimum atomic E-state index is -0.421. The molecule has 1 aromatic carbocycles. The van der Waals surface area contributed by atoms with Crippen molar-refractivity contribution in [3.8, 4) is 5.75 Å². The van der Waals surface area contributed by atoms with Crippen LogP contribution in [0, 0.1) is 5.41 Å². The van der Waals surface area contributed by atoms with Gasteiger partial charge >= 0.3 is 0 Å². The van der Waals surface area contributed by atoms with Crippen molar-refractivity contribution in [1.82, 2.24) is 15.5 Å². The summed E-state index contributed by atoms with van der Waals surface area (Å²) < 4.78 is 10.9. The lowest BCUT2D eigenvalue weighted by molar-refractivity contribution is -0.128. The van der Waals surface area contributed by atoms with Gasteiger partial charge in [-0.25, -0.2) is 0 Å². The lowest BCUT2D eigenvalue weighted by Crippen LogP contribution is -2.35. The molecule has 3 rings (SSSR count). The van der Waals surface area contributed by atoms with E-state index in [1.54, 1.807) is 24.3 Å². The van der Waals surface area contributed by atoms with Gasteiger partial charge in [-0.05, 0) is 43.5 Å². The number of anilines is 1. The zero-order valence-electron chi connectivity index (χ0n) is 17.2. The summed E-state index contributed by atoms with van der Waals surface area (Å²) in [6.45, 7) is 6.29. The summed E-state index contributed by atoms with van der Waals surface area (Å²) in [7, 11) is 0. The van der Waals surface area contributed by atoms with Gasteiger partial charge in [-0.3, -0.25) is 9.59 Å². The molecule has 0 unspecified atom stereocenters. The predicted octanol–water partition coefficient (Wildman–Crippen LogP) is 3.41. The SMILES string of the molecule is CC(C)(C)C(=O)NCCCC(=O)Nc1ccc(OCc2noc(C3CC3)n2)cc1. The van der Waals surface area contributed by atoms with Gasteiger partial charge in [0, 0.05) is 30.0 Å². The van der Waals surface area contributed by atoms with E-state index in [-0.39, 0.29) is 18.4 Å². The van der Waals surface area contributed by atoms with Crippen LogP contribution in [0.4, 0.5) is 5.69 Å². The Morgan fingerprint density at radius 3 is 2.59 bits per heavy atom. The van der Waals surface area contributed by atoms with Gasteiger partial charge in [0.05, 0.1) is 0 Å². The van der Waals surface area contributed by atoms with Crippen LogP contribution in [-0.4, -0.2) is 28.5 Å². The highest BCUT2D eigenvalue weighted by Crippen LogP contribution is 2.38. The van der Waals surface area contributed by atoms with Crippen LogP contribution in [0.2, 0.25) is 0 Å². The van der Waals surface area contributed by atoms with Crippen LogP contribution in [0.25, 0.3) is 0 Å². The third kappa shape index (κ3) is 6.58. The van der Waals surface area contributed by atoms with E-state index >= 15 is 0 Å². The minimum absolute atomic E-state index is 0.0157. The number of benzene rings is 1. The number of aromatic nitrogens is 2. The summed E-state index contributed by atoms with van der Waals surface area (Å²) in [5.41, 5.74) is 0.270. The Hall–Kier alpha value is -2.90. The van der Waals surface area contributed by atoms with Crippen molar-refractivity contribution in [2.75, 3.05) is 11.9 Å². The highest BCUT2D eigenvalue weighted by molar-refractivity contribution is 5.90. The van der Waals surface area contributed by atoms with Crippen LogP contribution in [0.15, 0.2) is 28.8 Å². The van der Waals surface area contributed by atoms with Crippen molar-refractivity contribution < 1.29 is 18.8 Å². The monoisotopic (exact) mass is 400 g/mol. The highest BCUT2D eigenvalue weighted by Gasteiger charge is 2.29. The molecule has 1 aromatic heterocycles. The van der Waals surface area contributed by atoms with Crippen molar-refractivity contribution in [3.05, 3.63) is 36.0 Å². The number of ether oxygens (including phenoxy) is 1. The largest absolute Gasteiger partial charge is 0.485 e. The summed E-state index contributed by atoms with van der Waals surface area (Å²) in [5, 5.41) is 9.59. The first-order valence-corrected chi connectivity index (χ1v) is 9.95. The predicted molar refractivity (Wildman–Crippen MR) is 107 cm³/mol. The molecule has 1 saturated carbocycles. The number of hydrogen-bond acceptors (Lipinski definition) is 6. The topological polar surface area (TPSA) is 106 Å². The summed E-state index contributed by atoms with van der Waals surface area (Å²) >= 11 is 0. The van der Waals surface area contributed by atoms with E-state index in [0.717, 1.165) is 12.8 Å². The standard InChI is InChI=1S/C21H28N4O4/c1-21(2,3)20(27)22-12-4-5-18(26)23-15-8-10-16(11-9-15)28-13-17-24-19(29-25-17)14-6-7-14/h8-11,14H,4-7,12-13H2,1-3H3,(H,22,27)(H,23,26). The van der Waals surface area contributed by atoms with Crippen LogP contribution >= 0.6 is 0 Å². The molecule has 2 amide bonds. The molecule has 1 aliphatic rings. The molecule has 1 fully saturated rings. The van der Waals surface area contributed by atoms with Crippen molar-refractivity contribution >= 4 is 17.5 Å². The van der Waals surface area contributed by atoms with Gasteiger partial charge in [0.15, 0.2) is 6.61 Å². The van der Waals surface area contributed by atoms with Crippen LogP contribution in [0.5, 0.6) is 5.75 Å². The van der Waals surface area contributed by atoms with Gasteiger partial charge in [0.1, 0.15) is 5.75 Å². The maximum atomic E-state index is 12.0. The zero-order chi connectivity index (χ0) is 20.9. The summed E-state index contributed by atoms with van der Waals surface area (Å²) in [5.74, 6) is 2.20. The zero-order valence-corrected chi connectivity index (χ0v) is 17.2. The van der Waals surface area contributed by atoms with E-state index in [1.165, 1.54) is 0 Å². The van der Waals surface area contributed by atoms with Crippen molar-refractivity contribution in [2.45, 2.75) is 59.0 Å². The number of nitrogens with zero attached hydrogens (tertiary/aromatic N) is 2. The second kappa shape index (κ2) is 9.07. The lowest BCUT2D eigenvalue weighted by atomic mass is 9.96. The normalized spacial score (nSPS) is 13.8. The van der Waals surface area contributed by atoms with E-state index < -0.39 is 5.41 Å². The molecule has 8 nitrogen and oxygen atoms in total. The molecule has 2 aromatic rings. The minimum Gasteiger partial charge on any atom is -0.485 e. The molecular formula is C21H28N4O4. The smallest absolute Gasteiger partial charge is 0.229 e. The molecule has 29 heavy (non-hydrogen) atoms. The van der Waals surface area contributed by atoms with E-state index in [9.17, 15) is 9.59 Å². The molecule has 0 radical (unpaired) electrons. The number of carbonyl (C=O) groups is 2. The van der Waals surface area contributed by atoms with Crippen molar-refractivity contribution in [1.29, 1.82) is 0 Å². The van der Waals surface area contributed by atoms with Gasteiger partial charge in [-0.15, -0.1) is 0 Å². The maximum absolute atomic E-state index is 12.0. The summed E-state index contributed by atoms with van der Waals surface area (Å²) in [6.07, 6.45) is 3.15. The summed E-state index contributed by atoms with van der Waals surface area (Å²) in [6, 6.07) is 7.11. The fraction of sp³-hybridized carbons (Fsp3) is 0.524. The van der Waals surface area contributed by atoms with E-state index in [2.05, 4.69) is 20.8 Å². The Morgan fingerprint density at radius 1 is 1.21 bits per heavy atom. The molecule has 156 valence electrons. The molecular weight excluding hydrogens is 372 g/mol. The number of carbonyl (C=O) groups excluding carboxylic acids is 2. The molecule has 8 heteroatoms. The molecule has 0 saturated heterocycles. The average molecular weight is 400 g/mol. The van der Waals surface area contributed by atoms with Gasteiger partial charge < -0.3 is 19.9 Å². The Bertz CT molecular complexity index is 835. The van der Waals surface area contributed by atoms with Crippen LogP contribution < -0.4 is 15.4 Å². The van der Waals surface area contributed by atoms with Crippen LogP contribution in [0.3, 0.4) is 0 Å². The molecule has 0 aliphatic heterocycles. The maximum Gasteiger partial charge on any atom is 0.229 e. The van der Waals surface area contributed by atoms with E-state index in [1.807, 2.05) is 20.8 Å². The number of nitrogens with one attached hydrogen (secondary N) is 2. The van der Waals surface area contributed by atoms with E-state index in [0.29, 0.717) is 48.5 Å². The first-order valence-electron chi connectivity index (χ1n) is 9.95. The Labute approximate surface area is 170 Å². The number of amides is 2. The average Bonchev–Trinajstić information content (AvgIpc) is 3.42. The molecule has 0 spiro atoms. The lowest BCUT2D eigenvalue weighted by Gasteiger charge is -2.17. The third-order valence-corrected chi connectivity index (χ3v) is 4.46. The first-order chi connectivity index (χ1) is 13.8. The van der Waals surface area contributed by atoms with Crippen LogP contribution in [0.1, 0.15) is 64.1 Å². The molecule has 2 N–H and O–H groups in total. The van der Waals surface area contributed by atoms with Gasteiger partial charge in [-0.1, -0.05) is 25.9 Å². The van der Waals surface area contributed by atoms with Gasteiger partial charge in [0.25, 0.3) is 0 Å². The second-order valence-corrected chi connectivity index (χ2v) is 8.29. The number of rotatable bonds is 9. The van der Waals surface area contributed by atoms with E-state index in [4.69, 9.17) is 9.26 Å². The quantitative estimate of drug-likeness (QED) is 0.625. The third-order valence-electron chi connectivity index (χ3n) is 4.46.